The summed E-state index contributed by atoms with van der Waals surface area (Å²) in [6, 6.07) is 5.72. The highest BCUT2D eigenvalue weighted by atomic mass is 32.3. The van der Waals surface area contributed by atoms with Gasteiger partial charge < -0.3 is 9.52 Å². The number of phenolic OH excluding ortho intramolecular Hbond substituents is 1. The number of nitrogens with zero attached hydrogens (tertiary/aromatic N) is 3. The van der Waals surface area contributed by atoms with Gasteiger partial charge in [0.2, 0.25) is 11.8 Å². The predicted octanol–water partition coefficient (Wildman–Crippen LogP) is 0.847. The van der Waals surface area contributed by atoms with Crippen LogP contribution < -0.4 is 4.90 Å². The number of rotatable bonds is 3. The quantitative estimate of drug-likeness (QED) is 0.831. The van der Waals surface area contributed by atoms with Gasteiger partial charge in [-0.25, -0.2) is 0 Å². The molecule has 0 radical (unpaired) electrons. The van der Waals surface area contributed by atoms with E-state index in [0.717, 1.165) is 4.90 Å². The van der Waals surface area contributed by atoms with Crippen LogP contribution in [-0.4, -0.2) is 41.4 Å². The Morgan fingerprint density at radius 1 is 1.27 bits per heavy atom. The number of aromatic hydroxyl groups is 1. The van der Waals surface area contributed by atoms with Gasteiger partial charge in [0.25, 0.3) is 0 Å². The van der Waals surface area contributed by atoms with Crippen molar-refractivity contribution in [2.24, 2.45) is 0 Å². The molecule has 10 heteroatoms. The van der Waals surface area contributed by atoms with Gasteiger partial charge >= 0.3 is 16.2 Å². The summed E-state index contributed by atoms with van der Waals surface area (Å²) in [5, 5.41) is 15.2. The predicted molar refractivity (Wildman–Crippen MR) is 72.2 cm³/mol. The standard InChI is InChI=1S/C12H10FN3O5S/c13-22(19,20)9-5-10(18)16(6-9)12-15-14-11(21-12)7-1-3-8(17)4-2-7/h1-4,9,17H,5-6H2. The molecule has 1 saturated heterocycles. The Labute approximate surface area is 124 Å². The summed E-state index contributed by atoms with van der Waals surface area (Å²) in [7, 11) is -4.81. The second kappa shape index (κ2) is 5.05. The fourth-order valence-corrected chi connectivity index (χ4v) is 2.76. The Morgan fingerprint density at radius 2 is 1.95 bits per heavy atom. The maximum absolute atomic E-state index is 13.0. The fourth-order valence-electron chi connectivity index (χ4n) is 2.09. The van der Waals surface area contributed by atoms with E-state index in [9.17, 15) is 22.2 Å². The number of benzene rings is 1. The summed E-state index contributed by atoms with van der Waals surface area (Å²) in [5.41, 5.74) is 0.512. The van der Waals surface area contributed by atoms with E-state index in [4.69, 9.17) is 4.42 Å². The van der Waals surface area contributed by atoms with Crippen LogP contribution in [0.4, 0.5) is 9.90 Å². The van der Waals surface area contributed by atoms with E-state index in [1.807, 2.05) is 0 Å². The van der Waals surface area contributed by atoms with Gasteiger partial charge in [0.05, 0.1) is 6.54 Å². The van der Waals surface area contributed by atoms with Crippen molar-refractivity contribution in [3.63, 3.8) is 0 Å². The molecule has 2 aromatic rings. The van der Waals surface area contributed by atoms with Crippen LogP contribution >= 0.6 is 0 Å². The number of hydrogen-bond donors (Lipinski definition) is 1. The Kier molecular flexibility index (Phi) is 3.32. The third-order valence-electron chi connectivity index (χ3n) is 3.25. The van der Waals surface area contributed by atoms with Crippen molar-refractivity contribution in [2.45, 2.75) is 11.7 Å². The van der Waals surface area contributed by atoms with Crippen molar-refractivity contribution in [1.29, 1.82) is 0 Å². The van der Waals surface area contributed by atoms with E-state index >= 15 is 0 Å². The number of hydrogen-bond acceptors (Lipinski definition) is 7. The molecule has 1 aliphatic heterocycles. The fraction of sp³-hybridized carbons (Fsp3) is 0.250. The third kappa shape index (κ3) is 2.64. The lowest BCUT2D eigenvalue weighted by Gasteiger charge is -2.09. The Bertz CT molecular complexity index is 818. The summed E-state index contributed by atoms with van der Waals surface area (Å²) >= 11 is 0. The van der Waals surface area contributed by atoms with Crippen LogP contribution in [0.25, 0.3) is 11.5 Å². The SMILES string of the molecule is O=C1CC(S(=O)(=O)F)CN1c1nnc(-c2ccc(O)cc2)o1. The molecule has 116 valence electrons. The van der Waals surface area contributed by atoms with E-state index in [-0.39, 0.29) is 24.2 Å². The summed E-state index contributed by atoms with van der Waals surface area (Å²) in [6.07, 6.45) is -0.463. The molecule has 8 nitrogen and oxygen atoms in total. The summed E-state index contributed by atoms with van der Waals surface area (Å²) < 4.78 is 40.0. The van der Waals surface area contributed by atoms with E-state index < -0.39 is 27.8 Å². The summed E-state index contributed by atoms with van der Waals surface area (Å²) in [5.74, 6) is -0.448. The maximum atomic E-state index is 13.0. The van der Waals surface area contributed by atoms with Gasteiger partial charge in [-0.15, -0.1) is 8.98 Å². The first-order valence-electron chi connectivity index (χ1n) is 6.21. The van der Waals surface area contributed by atoms with Crippen LogP contribution in [-0.2, 0) is 15.0 Å². The largest absolute Gasteiger partial charge is 0.508 e. The molecule has 0 spiro atoms. The highest BCUT2D eigenvalue weighted by molar-refractivity contribution is 7.87. The number of phenols is 1. The zero-order valence-electron chi connectivity index (χ0n) is 11.0. The molecule has 1 unspecified atom stereocenters. The van der Waals surface area contributed by atoms with Crippen molar-refractivity contribution in [3.05, 3.63) is 24.3 Å². The molecular formula is C12H10FN3O5S. The van der Waals surface area contributed by atoms with Crippen LogP contribution in [0.5, 0.6) is 5.75 Å². The smallest absolute Gasteiger partial charge is 0.325 e. The number of amides is 1. The van der Waals surface area contributed by atoms with Crippen LogP contribution in [0, 0.1) is 0 Å². The molecule has 1 aromatic carbocycles. The van der Waals surface area contributed by atoms with Crippen LogP contribution in [0.1, 0.15) is 6.42 Å². The summed E-state index contributed by atoms with van der Waals surface area (Å²) in [4.78, 5) is 12.7. The first-order chi connectivity index (χ1) is 10.3. The number of anilines is 1. The Hall–Kier alpha value is -2.49. The van der Waals surface area contributed by atoms with Crippen molar-refractivity contribution in [1.82, 2.24) is 10.2 Å². The zero-order chi connectivity index (χ0) is 15.9. The van der Waals surface area contributed by atoms with Crippen LogP contribution in [0.3, 0.4) is 0 Å². The van der Waals surface area contributed by atoms with Crippen molar-refractivity contribution in [2.75, 3.05) is 11.4 Å². The van der Waals surface area contributed by atoms with E-state index in [1.165, 1.54) is 24.3 Å². The number of carbonyl (C=O) groups is 1. The third-order valence-corrected chi connectivity index (χ3v) is 4.36. The van der Waals surface area contributed by atoms with Gasteiger partial charge in [-0.1, -0.05) is 5.10 Å². The zero-order valence-corrected chi connectivity index (χ0v) is 11.8. The van der Waals surface area contributed by atoms with Gasteiger partial charge in [0.15, 0.2) is 0 Å². The topological polar surface area (TPSA) is 114 Å². The lowest BCUT2D eigenvalue weighted by molar-refractivity contribution is -0.117. The van der Waals surface area contributed by atoms with E-state index in [0.29, 0.717) is 5.56 Å². The molecule has 1 fully saturated rings. The number of aromatic nitrogens is 2. The van der Waals surface area contributed by atoms with Crippen LogP contribution in [0.2, 0.25) is 0 Å². The monoisotopic (exact) mass is 327 g/mol. The highest BCUT2D eigenvalue weighted by Crippen LogP contribution is 2.28. The van der Waals surface area contributed by atoms with Crippen molar-refractivity contribution in [3.8, 4) is 17.2 Å². The molecule has 1 atom stereocenters. The second-order valence-corrected chi connectivity index (χ2v) is 6.36. The number of carbonyl (C=O) groups excluding carboxylic acids is 1. The Balaban J connectivity index is 1.85. The first-order valence-corrected chi connectivity index (χ1v) is 7.66. The maximum Gasteiger partial charge on any atom is 0.325 e. The lowest BCUT2D eigenvalue weighted by atomic mass is 10.2. The minimum Gasteiger partial charge on any atom is -0.508 e. The van der Waals surface area contributed by atoms with Gasteiger partial charge in [-0.05, 0) is 24.3 Å². The van der Waals surface area contributed by atoms with E-state index in [1.54, 1.807) is 0 Å². The van der Waals surface area contributed by atoms with Gasteiger partial charge in [0.1, 0.15) is 11.0 Å². The molecule has 1 amide bonds. The molecule has 1 aliphatic rings. The second-order valence-electron chi connectivity index (χ2n) is 4.74. The average molecular weight is 327 g/mol. The molecular weight excluding hydrogens is 317 g/mol. The minimum absolute atomic E-state index is 0.0641. The van der Waals surface area contributed by atoms with Crippen molar-refractivity contribution >= 4 is 22.1 Å². The van der Waals surface area contributed by atoms with Crippen molar-refractivity contribution < 1.29 is 26.6 Å². The van der Waals surface area contributed by atoms with Gasteiger partial charge in [-0.2, -0.15) is 8.42 Å². The molecule has 1 N–H and O–H groups in total. The van der Waals surface area contributed by atoms with Gasteiger partial charge in [-0.3, -0.25) is 9.69 Å². The number of halogens is 1. The molecule has 1 aromatic heterocycles. The average Bonchev–Trinajstić information content (AvgIpc) is 3.05. The Morgan fingerprint density at radius 3 is 2.55 bits per heavy atom. The molecule has 0 aliphatic carbocycles. The molecule has 2 heterocycles. The summed E-state index contributed by atoms with van der Waals surface area (Å²) in [6.45, 7) is -0.366. The molecule has 22 heavy (non-hydrogen) atoms. The van der Waals surface area contributed by atoms with E-state index in [2.05, 4.69) is 10.2 Å². The highest BCUT2D eigenvalue weighted by Gasteiger charge is 2.41. The molecule has 0 bridgehead atoms. The minimum atomic E-state index is -4.81. The first kappa shape index (κ1) is 14.4. The molecule has 0 saturated carbocycles. The van der Waals surface area contributed by atoms with Crippen LogP contribution in [0.15, 0.2) is 28.7 Å². The normalized spacial score (nSPS) is 18.9. The molecule has 3 rings (SSSR count). The lowest BCUT2D eigenvalue weighted by Crippen LogP contribution is -2.27. The van der Waals surface area contributed by atoms with Gasteiger partial charge in [0, 0.05) is 12.0 Å².